The number of carbonyl (C=O) groups excluding carboxylic acids is 1. The average molecular weight is 434 g/mol. The first-order chi connectivity index (χ1) is 15.1. The number of rotatable bonds is 7. The van der Waals surface area contributed by atoms with E-state index in [-0.39, 0.29) is 0 Å². The summed E-state index contributed by atoms with van der Waals surface area (Å²) in [6, 6.07) is 22.4. The normalized spacial score (nSPS) is 14.3. The molecular weight excluding hydrogens is 414 g/mol. The van der Waals surface area contributed by atoms with Gasteiger partial charge in [-0.05, 0) is 48.4 Å². The molecule has 0 atom stereocenters. The third kappa shape index (κ3) is 4.95. The second-order valence-corrected chi connectivity index (χ2v) is 7.23. The zero-order valence-corrected chi connectivity index (χ0v) is 17.6. The van der Waals surface area contributed by atoms with Crippen molar-refractivity contribution < 1.29 is 19.1 Å². The van der Waals surface area contributed by atoms with E-state index in [4.69, 9.17) is 25.9 Å². The maximum Gasteiger partial charge on any atom is 0.368 e. The van der Waals surface area contributed by atoms with Crippen LogP contribution in [0.1, 0.15) is 23.6 Å². The van der Waals surface area contributed by atoms with Gasteiger partial charge in [-0.15, -0.1) is 0 Å². The minimum absolute atomic E-state index is 0.384. The molecule has 1 aliphatic heterocycles. The first kappa shape index (κ1) is 20.7. The van der Waals surface area contributed by atoms with E-state index in [1.165, 1.54) is 0 Å². The van der Waals surface area contributed by atoms with Gasteiger partial charge >= 0.3 is 5.97 Å². The first-order valence-electron chi connectivity index (χ1n) is 9.85. The number of ether oxygens (including phenoxy) is 2. The van der Waals surface area contributed by atoms with Crippen molar-refractivity contribution in [3.8, 4) is 11.5 Å². The lowest BCUT2D eigenvalue weighted by Crippen LogP contribution is -2.06. The predicted molar refractivity (Wildman–Crippen MR) is 120 cm³/mol. The fourth-order valence-corrected chi connectivity index (χ4v) is 3.25. The van der Waals surface area contributed by atoms with E-state index in [9.17, 15) is 4.79 Å². The number of hydrogen-bond acceptors (Lipinski definition) is 5. The number of hydrogen-bond donors (Lipinski definition) is 0. The minimum Gasteiger partial charge on any atom is -0.490 e. The third-order valence-corrected chi connectivity index (χ3v) is 4.88. The highest BCUT2D eigenvalue weighted by Gasteiger charge is 2.26. The van der Waals surface area contributed by atoms with Crippen LogP contribution in [0.15, 0.2) is 83.5 Å². The summed E-state index contributed by atoms with van der Waals surface area (Å²) in [7, 11) is 0. The summed E-state index contributed by atoms with van der Waals surface area (Å²) in [6.07, 6.45) is 1.74. The second kappa shape index (κ2) is 9.49. The number of oxime groups is 1. The number of halogens is 1. The van der Waals surface area contributed by atoms with Gasteiger partial charge in [-0.25, -0.2) is 4.79 Å². The van der Waals surface area contributed by atoms with Crippen LogP contribution in [-0.4, -0.2) is 18.3 Å². The standard InChI is InChI=1S/C25H20ClNO4/c1-2-29-23-15-18(10-13-22(23)30-16-17-8-11-20(26)12-9-17)14-21-24(27-31-25(21)28)19-6-4-3-5-7-19/h3-15H,2,16H2,1H3. The van der Waals surface area contributed by atoms with Gasteiger partial charge in [-0.2, -0.15) is 0 Å². The van der Waals surface area contributed by atoms with Gasteiger partial charge in [-0.3, -0.25) is 0 Å². The Labute approximate surface area is 185 Å². The van der Waals surface area contributed by atoms with Gasteiger partial charge in [0.2, 0.25) is 0 Å². The van der Waals surface area contributed by atoms with Crippen molar-refractivity contribution in [1.29, 1.82) is 0 Å². The van der Waals surface area contributed by atoms with Crippen molar-refractivity contribution >= 4 is 29.4 Å². The van der Waals surface area contributed by atoms with Crippen LogP contribution < -0.4 is 9.47 Å². The molecule has 3 aromatic carbocycles. The molecular formula is C25H20ClNO4. The quantitative estimate of drug-likeness (QED) is 0.356. The fraction of sp³-hybridized carbons (Fsp3) is 0.120. The lowest BCUT2D eigenvalue weighted by Gasteiger charge is -2.13. The van der Waals surface area contributed by atoms with Gasteiger partial charge in [-0.1, -0.05) is 65.3 Å². The van der Waals surface area contributed by atoms with E-state index in [1.54, 1.807) is 6.08 Å². The van der Waals surface area contributed by atoms with Gasteiger partial charge in [0.05, 0.1) is 12.2 Å². The van der Waals surface area contributed by atoms with E-state index < -0.39 is 5.97 Å². The van der Waals surface area contributed by atoms with Gasteiger partial charge in [0, 0.05) is 10.6 Å². The molecule has 4 rings (SSSR count). The van der Waals surface area contributed by atoms with Gasteiger partial charge in [0.25, 0.3) is 0 Å². The first-order valence-corrected chi connectivity index (χ1v) is 10.2. The molecule has 0 bridgehead atoms. The fourth-order valence-electron chi connectivity index (χ4n) is 3.12. The predicted octanol–water partition coefficient (Wildman–Crippen LogP) is 5.66. The number of carbonyl (C=O) groups is 1. The van der Waals surface area contributed by atoms with E-state index in [2.05, 4.69) is 5.16 Å². The van der Waals surface area contributed by atoms with E-state index in [1.807, 2.05) is 79.7 Å². The van der Waals surface area contributed by atoms with Crippen molar-refractivity contribution in [2.75, 3.05) is 6.61 Å². The van der Waals surface area contributed by atoms with Crippen molar-refractivity contribution in [3.63, 3.8) is 0 Å². The number of benzene rings is 3. The number of nitrogens with zero attached hydrogens (tertiary/aromatic N) is 1. The topological polar surface area (TPSA) is 57.1 Å². The Morgan fingerprint density at radius 3 is 2.48 bits per heavy atom. The van der Waals surface area contributed by atoms with E-state index in [0.717, 1.165) is 16.7 Å². The Bertz CT molecular complexity index is 1140. The van der Waals surface area contributed by atoms with Crippen molar-refractivity contribution in [2.45, 2.75) is 13.5 Å². The van der Waals surface area contributed by atoms with Crippen LogP contribution in [0.2, 0.25) is 5.02 Å². The molecule has 1 aliphatic rings. The summed E-state index contributed by atoms with van der Waals surface area (Å²) in [5, 5.41) is 4.62. The van der Waals surface area contributed by atoms with Crippen LogP contribution >= 0.6 is 11.6 Å². The minimum atomic E-state index is -0.486. The van der Waals surface area contributed by atoms with Crippen molar-refractivity contribution in [2.24, 2.45) is 5.16 Å². The second-order valence-electron chi connectivity index (χ2n) is 6.80. The molecule has 0 amide bonds. The lowest BCUT2D eigenvalue weighted by molar-refractivity contribution is -0.136. The smallest absolute Gasteiger partial charge is 0.368 e. The Hall–Kier alpha value is -3.57. The summed E-state index contributed by atoms with van der Waals surface area (Å²) in [5.41, 5.74) is 3.48. The maximum absolute atomic E-state index is 12.3. The molecule has 0 N–H and O–H groups in total. The molecule has 0 fully saturated rings. The molecule has 5 nitrogen and oxygen atoms in total. The molecule has 0 spiro atoms. The molecule has 0 aliphatic carbocycles. The van der Waals surface area contributed by atoms with Crippen molar-refractivity contribution in [1.82, 2.24) is 0 Å². The Morgan fingerprint density at radius 2 is 1.74 bits per heavy atom. The zero-order chi connectivity index (χ0) is 21.6. The highest BCUT2D eigenvalue weighted by atomic mass is 35.5. The molecule has 1 heterocycles. The lowest BCUT2D eigenvalue weighted by atomic mass is 10.0. The Morgan fingerprint density at radius 1 is 0.968 bits per heavy atom. The highest BCUT2D eigenvalue weighted by molar-refractivity contribution is 6.31. The largest absolute Gasteiger partial charge is 0.490 e. The van der Waals surface area contributed by atoms with Crippen LogP contribution in [0, 0.1) is 0 Å². The van der Waals surface area contributed by atoms with Crippen LogP contribution in [0.3, 0.4) is 0 Å². The van der Waals surface area contributed by atoms with E-state index in [0.29, 0.717) is 41.0 Å². The summed E-state index contributed by atoms with van der Waals surface area (Å²) < 4.78 is 11.7. The molecule has 0 saturated heterocycles. The zero-order valence-electron chi connectivity index (χ0n) is 16.9. The van der Waals surface area contributed by atoms with Crippen molar-refractivity contribution in [3.05, 3.63) is 100 Å². The third-order valence-electron chi connectivity index (χ3n) is 4.63. The molecule has 0 radical (unpaired) electrons. The average Bonchev–Trinajstić information content (AvgIpc) is 3.15. The highest BCUT2D eigenvalue weighted by Crippen LogP contribution is 2.31. The SMILES string of the molecule is CCOc1cc(C=C2C(=O)ON=C2c2ccccc2)ccc1OCc1ccc(Cl)cc1. The molecule has 0 unspecified atom stereocenters. The summed E-state index contributed by atoms with van der Waals surface area (Å²) in [6.45, 7) is 2.77. The molecule has 0 saturated carbocycles. The molecule has 3 aromatic rings. The maximum atomic E-state index is 12.3. The van der Waals surface area contributed by atoms with Gasteiger partial charge < -0.3 is 14.3 Å². The summed E-state index contributed by atoms with van der Waals surface area (Å²) in [4.78, 5) is 17.2. The summed E-state index contributed by atoms with van der Waals surface area (Å²) in [5.74, 6) is 0.722. The Balaban J connectivity index is 1.58. The van der Waals surface area contributed by atoms with Crippen LogP contribution in [0.25, 0.3) is 6.08 Å². The van der Waals surface area contributed by atoms with Gasteiger partial charge in [0.1, 0.15) is 12.3 Å². The van der Waals surface area contributed by atoms with E-state index >= 15 is 0 Å². The Kier molecular flexibility index (Phi) is 6.34. The van der Waals surface area contributed by atoms with Gasteiger partial charge in [0.15, 0.2) is 11.5 Å². The molecule has 31 heavy (non-hydrogen) atoms. The summed E-state index contributed by atoms with van der Waals surface area (Å²) >= 11 is 5.93. The van der Waals surface area contributed by atoms with Crippen LogP contribution in [0.4, 0.5) is 0 Å². The van der Waals surface area contributed by atoms with Crippen LogP contribution in [0.5, 0.6) is 11.5 Å². The molecule has 0 aromatic heterocycles. The molecule has 156 valence electrons. The molecule has 6 heteroatoms. The monoisotopic (exact) mass is 433 g/mol. The van der Waals surface area contributed by atoms with Crippen LogP contribution in [-0.2, 0) is 16.2 Å².